The number of para-hydroxylation sites is 2. The van der Waals surface area contributed by atoms with Gasteiger partial charge in [-0.25, -0.2) is 19.9 Å². The van der Waals surface area contributed by atoms with Crippen LogP contribution in [0.5, 0.6) is 34.5 Å². The average molecular weight is 830 g/mol. The van der Waals surface area contributed by atoms with Crippen molar-refractivity contribution >= 4 is 45.1 Å². The number of aromatic nitrogens is 4. The summed E-state index contributed by atoms with van der Waals surface area (Å²) in [5.74, 6) is 4.98. The summed E-state index contributed by atoms with van der Waals surface area (Å²) in [6, 6.07) is 35.7. The lowest BCUT2D eigenvalue weighted by Gasteiger charge is -2.20. The Morgan fingerprint density at radius 1 is 0.468 bits per heavy atom. The molecule has 0 saturated heterocycles. The fraction of sp³-hybridized carbons (Fsp3) is 0.184. The fourth-order valence-electron chi connectivity index (χ4n) is 7.45. The van der Waals surface area contributed by atoms with Crippen molar-refractivity contribution in [1.29, 1.82) is 0 Å². The fourth-order valence-corrected chi connectivity index (χ4v) is 7.45. The molecule has 13 nitrogen and oxygen atoms in total. The molecular formula is C49H47N7O6. The number of hydrogen-bond acceptors (Lipinski definition) is 13. The number of anilines is 4. The number of ether oxygens (including phenoxy) is 6. The van der Waals surface area contributed by atoms with Gasteiger partial charge in [0, 0.05) is 59.5 Å². The summed E-state index contributed by atoms with van der Waals surface area (Å²) in [5, 5.41) is 8.64. The second kappa shape index (κ2) is 18.3. The summed E-state index contributed by atoms with van der Waals surface area (Å²) >= 11 is 0. The van der Waals surface area contributed by atoms with Crippen molar-refractivity contribution < 1.29 is 28.4 Å². The van der Waals surface area contributed by atoms with Gasteiger partial charge in [-0.05, 0) is 77.8 Å². The standard InChI is InChI=1S/C49H47N7O6/c1-56(28-30-14-16-44(61-6)42(18-30)52-48-50-26-32-10-8-12-40(46(32)54-48)34-20-36(57-2)24-37(21-34)58-3)29-31-15-17-45(62-7)43(19-31)53-49-51-27-33-11-9-13-41(47(33)55-49)35-22-38(59-4)25-39(23-35)60-5/h8-27H,28-29H2,1-7H3,(H,50,52,54)(H,51,53,55). The van der Waals surface area contributed by atoms with Gasteiger partial charge in [0.25, 0.3) is 0 Å². The molecule has 2 N–H and O–H groups in total. The van der Waals surface area contributed by atoms with E-state index < -0.39 is 0 Å². The molecule has 0 fully saturated rings. The number of benzene rings is 6. The molecule has 0 amide bonds. The molecule has 8 aromatic rings. The molecule has 0 aliphatic heterocycles. The second-order valence-corrected chi connectivity index (χ2v) is 14.6. The third kappa shape index (κ3) is 8.93. The Morgan fingerprint density at radius 2 is 0.871 bits per heavy atom. The van der Waals surface area contributed by atoms with Gasteiger partial charge in [-0.1, -0.05) is 48.5 Å². The largest absolute Gasteiger partial charge is 0.497 e. The van der Waals surface area contributed by atoms with E-state index in [1.54, 1.807) is 42.7 Å². The summed E-state index contributed by atoms with van der Waals surface area (Å²) in [5.41, 5.74) is 8.90. The Hall–Kier alpha value is -7.64. The number of methoxy groups -OCH3 is 6. The molecule has 0 radical (unpaired) electrons. The molecule has 0 aliphatic rings. The molecule has 0 saturated carbocycles. The predicted molar refractivity (Wildman–Crippen MR) is 244 cm³/mol. The quantitative estimate of drug-likeness (QED) is 0.0958. The zero-order chi connectivity index (χ0) is 43.2. The van der Waals surface area contributed by atoms with E-state index in [0.29, 0.717) is 59.5 Å². The van der Waals surface area contributed by atoms with Gasteiger partial charge in [0.15, 0.2) is 0 Å². The van der Waals surface area contributed by atoms with Crippen LogP contribution < -0.4 is 39.1 Å². The van der Waals surface area contributed by atoms with Crippen LogP contribution in [0.3, 0.4) is 0 Å². The van der Waals surface area contributed by atoms with Gasteiger partial charge < -0.3 is 39.1 Å². The molecule has 0 unspecified atom stereocenters. The minimum absolute atomic E-state index is 0.439. The molecule has 13 heteroatoms. The normalized spacial score (nSPS) is 11.1. The topological polar surface area (TPSA) is 134 Å². The third-order valence-electron chi connectivity index (χ3n) is 10.5. The zero-order valence-corrected chi connectivity index (χ0v) is 35.6. The van der Waals surface area contributed by atoms with Crippen LogP contribution in [-0.2, 0) is 13.1 Å². The highest BCUT2D eigenvalue weighted by atomic mass is 16.5. The summed E-state index contributed by atoms with van der Waals surface area (Å²) in [7, 11) is 11.9. The number of nitrogens with zero attached hydrogens (tertiary/aromatic N) is 5. The average Bonchev–Trinajstić information content (AvgIpc) is 3.30. The van der Waals surface area contributed by atoms with Crippen molar-refractivity contribution in [3.8, 4) is 56.8 Å². The third-order valence-corrected chi connectivity index (χ3v) is 10.5. The highest BCUT2D eigenvalue weighted by Crippen LogP contribution is 2.37. The molecule has 8 rings (SSSR count). The molecule has 0 spiro atoms. The van der Waals surface area contributed by atoms with Crippen LogP contribution in [0.4, 0.5) is 23.3 Å². The van der Waals surface area contributed by atoms with E-state index in [9.17, 15) is 0 Å². The Balaban J connectivity index is 1.01. The Labute approximate surface area is 360 Å². The van der Waals surface area contributed by atoms with Crippen molar-refractivity contribution in [3.05, 3.63) is 133 Å². The lowest BCUT2D eigenvalue weighted by Crippen LogP contribution is -2.17. The van der Waals surface area contributed by atoms with E-state index in [1.165, 1.54) is 0 Å². The lowest BCUT2D eigenvalue weighted by atomic mass is 10.0. The van der Waals surface area contributed by atoms with E-state index in [0.717, 1.165) is 66.6 Å². The molecule has 0 bridgehead atoms. The lowest BCUT2D eigenvalue weighted by molar-refractivity contribution is 0.318. The van der Waals surface area contributed by atoms with Crippen LogP contribution in [-0.4, -0.2) is 74.5 Å². The van der Waals surface area contributed by atoms with Crippen molar-refractivity contribution in [2.24, 2.45) is 0 Å². The summed E-state index contributed by atoms with van der Waals surface area (Å²) in [6.07, 6.45) is 3.63. The van der Waals surface area contributed by atoms with Gasteiger partial charge in [-0.2, -0.15) is 0 Å². The van der Waals surface area contributed by atoms with Gasteiger partial charge in [-0.3, -0.25) is 4.90 Å². The first kappa shape index (κ1) is 41.1. The highest BCUT2D eigenvalue weighted by molar-refractivity contribution is 5.95. The van der Waals surface area contributed by atoms with Gasteiger partial charge >= 0.3 is 0 Å². The summed E-state index contributed by atoms with van der Waals surface area (Å²) in [4.78, 5) is 21.5. The van der Waals surface area contributed by atoms with E-state index in [-0.39, 0.29) is 0 Å². The van der Waals surface area contributed by atoms with Crippen LogP contribution in [0, 0.1) is 0 Å². The number of rotatable bonds is 16. The van der Waals surface area contributed by atoms with E-state index >= 15 is 0 Å². The first-order valence-electron chi connectivity index (χ1n) is 19.8. The second-order valence-electron chi connectivity index (χ2n) is 14.6. The van der Waals surface area contributed by atoms with Crippen molar-refractivity contribution in [2.45, 2.75) is 13.1 Å². The summed E-state index contributed by atoms with van der Waals surface area (Å²) < 4.78 is 33.7. The van der Waals surface area contributed by atoms with Gasteiger partial charge in [0.05, 0.1) is 65.1 Å². The predicted octanol–water partition coefficient (Wildman–Crippen LogP) is 10.1. The minimum atomic E-state index is 0.439. The van der Waals surface area contributed by atoms with E-state index in [1.807, 2.05) is 97.3 Å². The Bertz CT molecular complexity index is 2650. The SMILES string of the molecule is COc1cc(OC)cc(-c2cccc3cnc(Nc4cc(CN(C)Cc5ccc(OC)c(Nc6ncc7cccc(-c8cc(OC)cc(OC)c8)c7n6)c5)ccc4OC)nc23)c1. The van der Waals surface area contributed by atoms with Crippen molar-refractivity contribution in [2.75, 3.05) is 60.3 Å². The van der Waals surface area contributed by atoms with Crippen LogP contribution in [0.1, 0.15) is 11.1 Å². The van der Waals surface area contributed by atoms with Crippen LogP contribution in [0.25, 0.3) is 44.1 Å². The smallest absolute Gasteiger partial charge is 0.227 e. The van der Waals surface area contributed by atoms with Gasteiger partial charge in [-0.15, -0.1) is 0 Å². The van der Waals surface area contributed by atoms with Gasteiger partial charge in [0.2, 0.25) is 11.9 Å². The number of hydrogen-bond donors (Lipinski definition) is 2. The molecular weight excluding hydrogens is 783 g/mol. The Morgan fingerprint density at radius 3 is 1.24 bits per heavy atom. The Kier molecular flexibility index (Phi) is 12.1. The number of nitrogens with one attached hydrogen (secondary N) is 2. The molecule has 0 aliphatic carbocycles. The van der Waals surface area contributed by atoms with E-state index in [2.05, 4.69) is 56.8 Å². The van der Waals surface area contributed by atoms with Crippen molar-refractivity contribution in [3.63, 3.8) is 0 Å². The maximum Gasteiger partial charge on any atom is 0.227 e. The number of fused-ring (bicyclic) bond motifs is 2. The molecule has 62 heavy (non-hydrogen) atoms. The maximum absolute atomic E-state index is 5.76. The molecule has 314 valence electrons. The van der Waals surface area contributed by atoms with Crippen LogP contribution in [0.15, 0.2) is 122 Å². The van der Waals surface area contributed by atoms with Crippen LogP contribution >= 0.6 is 0 Å². The molecule has 0 atom stereocenters. The summed E-state index contributed by atoms with van der Waals surface area (Å²) in [6.45, 7) is 1.30. The first-order valence-corrected chi connectivity index (χ1v) is 19.8. The van der Waals surface area contributed by atoms with E-state index in [4.69, 9.17) is 38.4 Å². The van der Waals surface area contributed by atoms with Crippen LogP contribution in [0.2, 0.25) is 0 Å². The maximum atomic E-state index is 5.76. The minimum Gasteiger partial charge on any atom is -0.497 e. The van der Waals surface area contributed by atoms with Crippen molar-refractivity contribution in [1.82, 2.24) is 24.8 Å². The monoisotopic (exact) mass is 829 g/mol. The zero-order valence-electron chi connectivity index (χ0n) is 35.6. The molecule has 2 aromatic heterocycles. The molecule has 2 heterocycles. The van der Waals surface area contributed by atoms with Gasteiger partial charge in [0.1, 0.15) is 34.5 Å². The molecule has 6 aromatic carbocycles. The highest BCUT2D eigenvalue weighted by Gasteiger charge is 2.16. The first-order chi connectivity index (χ1) is 30.3.